The van der Waals surface area contributed by atoms with E-state index in [-0.39, 0.29) is 12.5 Å². The number of rotatable bonds is 6. The number of carbonyl (C=O) groups excluding carboxylic acids is 1. The molecule has 1 aromatic heterocycles. The van der Waals surface area contributed by atoms with Crippen molar-refractivity contribution >= 4 is 17.5 Å². The maximum absolute atomic E-state index is 12.7. The molecule has 0 saturated heterocycles. The Morgan fingerprint density at radius 1 is 1.17 bits per heavy atom. The predicted molar refractivity (Wildman–Crippen MR) is 102 cm³/mol. The quantitative estimate of drug-likeness (QED) is 0.577. The molecule has 3 rings (SSSR count). The van der Waals surface area contributed by atoms with Gasteiger partial charge in [-0.15, -0.1) is 0 Å². The average Bonchev–Trinajstić information content (AvgIpc) is 3.18. The third-order valence-corrected chi connectivity index (χ3v) is 4.33. The van der Waals surface area contributed by atoms with Gasteiger partial charge in [0, 0.05) is 23.8 Å². The van der Waals surface area contributed by atoms with Gasteiger partial charge in [0.15, 0.2) is 5.69 Å². The van der Waals surface area contributed by atoms with E-state index in [0.29, 0.717) is 28.6 Å². The molecule has 0 aliphatic heterocycles. The number of ether oxygens (including phenoxy) is 1. The van der Waals surface area contributed by atoms with Crippen LogP contribution in [0.1, 0.15) is 16.1 Å². The first kappa shape index (κ1) is 20.7. The van der Waals surface area contributed by atoms with E-state index in [9.17, 15) is 18.0 Å². The number of carbonyl (C=O) groups is 1. The maximum Gasteiger partial charge on any atom is 0.435 e. The third-order valence-electron chi connectivity index (χ3n) is 4.10. The molecule has 152 valence electrons. The summed E-state index contributed by atoms with van der Waals surface area (Å²) in [6.45, 7) is 0.634. The van der Waals surface area contributed by atoms with Crippen molar-refractivity contribution in [3.8, 4) is 11.4 Å². The summed E-state index contributed by atoms with van der Waals surface area (Å²) in [5.41, 5.74) is -0.150. The lowest BCUT2D eigenvalue weighted by molar-refractivity contribution is -0.141. The van der Waals surface area contributed by atoms with Crippen LogP contribution in [0, 0.1) is 0 Å². The standard InChI is InChI=1S/C20H17ClF3N3O2/c1-26(11-12-29-17-4-2-3-15(21)13-17)19(28)14-5-7-16(8-6-14)27-10-9-18(25-27)20(22,23)24/h2-10,13H,11-12H2,1H3. The van der Waals surface area contributed by atoms with E-state index in [1.165, 1.54) is 23.2 Å². The zero-order valence-electron chi connectivity index (χ0n) is 15.4. The van der Waals surface area contributed by atoms with Crippen LogP contribution >= 0.6 is 11.6 Å². The lowest BCUT2D eigenvalue weighted by Gasteiger charge is -2.18. The Hall–Kier alpha value is -3.00. The number of nitrogens with zero attached hydrogens (tertiary/aromatic N) is 3. The minimum atomic E-state index is -4.50. The lowest BCUT2D eigenvalue weighted by Crippen LogP contribution is -2.30. The minimum absolute atomic E-state index is 0.234. The molecule has 0 fully saturated rings. The molecular formula is C20H17ClF3N3O2. The van der Waals surface area contributed by atoms with Gasteiger partial charge in [-0.05, 0) is 48.5 Å². The van der Waals surface area contributed by atoms with Gasteiger partial charge in [0.2, 0.25) is 0 Å². The van der Waals surface area contributed by atoms with Gasteiger partial charge in [-0.3, -0.25) is 4.79 Å². The number of hydrogen-bond acceptors (Lipinski definition) is 3. The van der Waals surface area contributed by atoms with Crippen LogP contribution < -0.4 is 4.74 Å². The van der Waals surface area contributed by atoms with E-state index < -0.39 is 11.9 Å². The molecule has 0 aliphatic rings. The summed E-state index contributed by atoms with van der Waals surface area (Å²) in [6.07, 6.45) is -3.28. The monoisotopic (exact) mass is 423 g/mol. The van der Waals surface area contributed by atoms with Gasteiger partial charge in [0.25, 0.3) is 5.91 Å². The molecule has 3 aromatic rings. The van der Waals surface area contributed by atoms with Gasteiger partial charge in [-0.2, -0.15) is 18.3 Å². The van der Waals surface area contributed by atoms with E-state index in [2.05, 4.69) is 5.10 Å². The van der Waals surface area contributed by atoms with Crippen LogP contribution in [0.4, 0.5) is 13.2 Å². The van der Waals surface area contributed by atoms with Crippen LogP contribution in [0.25, 0.3) is 5.69 Å². The highest BCUT2D eigenvalue weighted by Gasteiger charge is 2.33. The summed E-state index contributed by atoms with van der Waals surface area (Å²) in [4.78, 5) is 14.0. The van der Waals surface area contributed by atoms with Crippen LogP contribution in [-0.4, -0.2) is 40.8 Å². The van der Waals surface area contributed by atoms with Crippen LogP contribution in [0.2, 0.25) is 5.02 Å². The van der Waals surface area contributed by atoms with Crippen LogP contribution in [0.15, 0.2) is 60.8 Å². The molecule has 1 heterocycles. The third kappa shape index (κ3) is 5.29. The number of hydrogen-bond donors (Lipinski definition) is 0. The number of alkyl halides is 3. The Kier molecular flexibility index (Phi) is 6.12. The number of likely N-dealkylation sites (N-methyl/N-ethyl adjacent to an activating group) is 1. The second-order valence-corrected chi connectivity index (χ2v) is 6.66. The molecule has 5 nitrogen and oxygen atoms in total. The number of aromatic nitrogens is 2. The van der Waals surface area contributed by atoms with Crippen LogP contribution in [0.3, 0.4) is 0 Å². The first-order chi connectivity index (χ1) is 13.7. The molecule has 9 heteroatoms. The highest BCUT2D eigenvalue weighted by molar-refractivity contribution is 6.30. The van der Waals surface area contributed by atoms with Crippen molar-refractivity contribution in [2.45, 2.75) is 6.18 Å². The van der Waals surface area contributed by atoms with Crippen LogP contribution in [0.5, 0.6) is 5.75 Å². The fourth-order valence-corrected chi connectivity index (χ4v) is 2.74. The zero-order valence-corrected chi connectivity index (χ0v) is 16.1. The summed E-state index contributed by atoms with van der Waals surface area (Å²) in [6, 6.07) is 14.0. The molecule has 0 bridgehead atoms. The van der Waals surface area contributed by atoms with E-state index >= 15 is 0 Å². The molecule has 1 amide bonds. The Bertz CT molecular complexity index is 987. The second kappa shape index (κ2) is 8.57. The fraction of sp³-hybridized carbons (Fsp3) is 0.200. The Balaban J connectivity index is 1.58. The molecule has 0 N–H and O–H groups in total. The van der Waals surface area contributed by atoms with Crippen molar-refractivity contribution in [1.82, 2.24) is 14.7 Å². The molecule has 0 unspecified atom stereocenters. The smallest absolute Gasteiger partial charge is 0.435 e. The van der Waals surface area contributed by atoms with E-state index in [0.717, 1.165) is 10.7 Å². The second-order valence-electron chi connectivity index (χ2n) is 6.22. The largest absolute Gasteiger partial charge is 0.492 e. The van der Waals surface area contributed by atoms with Crippen molar-refractivity contribution in [3.63, 3.8) is 0 Å². The molecule has 0 atom stereocenters. The van der Waals surface area contributed by atoms with Gasteiger partial charge >= 0.3 is 6.18 Å². The summed E-state index contributed by atoms with van der Waals surface area (Å²) >= 11 is 5.89. The highest BCUT2D eigenvalue weighted by Crippen LogP contribution is 2.28. The summed E-state index contributed by atoms with van der Waals surface area (Å²) < 4.78 is 44.7. The maximum atomic E-state index is 12.7. The van der Waals surface area contributed by atoms with Crippen molar-refractivity contribution in [2.75, 3.05) is 20.2 Å². The minimum Gasteiger partial charge on any atom is -0.492 e. The van der Waals surface area contributed by atoms with E-state index in [4.69, 9.17) is 16.3 Å². The molecule has 0 aliphatic carbocycles. The van der Waals surface area contributed by atoms with Crippen molar-refractivity contribution in [3.05, 3.63) is 77.1 Å². The molecule has 29 heavy (non-hydrogen) atoms. The lowest BCUT2D eigenvalue weighted by atomic mass is 10.2. The van der Waals surface area contributed by atoms with Gasteiger partial charge in [-0.25, -0.2) is 4.68 Å². The molecule has 2 aromatic carbocycles. The fourth-order valence-electron chi connectivity index (χ4n) is 2.55. The van der Waals surface area contributed by atoms with Gasteiger partial charge in [0.05, 0.1) is 12.2 Å². The van der Waals surface area contributed by atoms with Gasteiger partial charge in [0.1, 0.15) is 12.4 Å². The van der Waals surface area contributed by atoms with E-state index in [1.54, 1.807) is 43.4 Å². The molecule has 0 radical (unpaired) electrons. The van der Waals surface area contributed by atoms with Crippen molar-refractivity contribution < 1.29 is 22.7 Å². The molecule has 0 spiro atoms. The zero-order chi connectivity index (χ0) is 21.0. The van der Waals surface area contributed by atoms with Crippen LogP contribution in [-0.2, 0) is 6.18 Å². The average molecular weight is 424 g/mol. The first-order valence-electron chi connectivity index (χ1n) is 8.61. The topological polar surface area (TPSA) is 47.4 Å². The van der Waals surface area contributed by atoms with Crippen molar-refractivity contribution in [2.24, 2.45) is 0 Å². The Morgan fingerprint density at radius 2 is 1.90 bits per heavy atom. The SMILES string of the molecule is CN(CCOc1cccc(Cl)c1)C(=O)c1ccc(-n2ccc(C(F)(F)F)n2)cc1. The molecular weight excluding hydrogens is 407 g/mol. The predicted octanol–water partition coefficient (Wildman–Crippen LogP) is 4.70. The van der Waals surface area contributed by atoms with Gasteiger partial charge < -0.3 is 9.64 Å². The molecule has 0 saturated carbocycles. The summed E-state index contributed by atoms with van der Waals surface area (Å²) in [7, 11) is 1.64. The first-order valence-corrected chi connectivity index (χ1v) is 8.99. The normalized spacial score (nSPS) is 11.3. The van der Waals surface area contributed by atoms with Gasteiger partial charge in [-0.1, -0.05) is 17.7 Å². The Morgan fingerprint density at radius 3 is 2.52 bits per heavy atom. The number of halogens is 4. The summed E-state index contributed by atoms with van der Waals surface area (Å²) in [5.74, 6) is 0.378. The number of amides is 1. The Labute approximate surface area is 170 Å². The summed E-state index contributed by atoms with van der Waals surface area (Å²) in [5, 5.41) is 4.07. The highest BCUT2D eigenvalue weighted by atomic mass is 35.5. The number of benzene rings is 2. The van der Waals surface area contributed by atoms with E-state index in [1.807, 2.05) is 0 Å². The van der Waals surface area contributed by atoms with Crippen molar-refractivity contribution in [1.29, 1.82) is 0 Å².